The Labute approximate surface area is 164 Å². The van der Waals surface area contributed by atoms with E-state index >= 15 is 0 Å². The van der Waals surface area contributed by atoms with E-state index in [1.807, 2.05) is 23.1 Å². The molecule has 142 valence electrons. The number of hydrogen-bond donors (Lipinski definition) is 1. The molecule has 6 heteroatoms. The van der Waals surface area contributed by atoms with Crippen molar-refractivity contribution in [2.45, 2.75) is 11.8 Å². The van der Waals surface area contributed by atoms with Gasteiger partial charge in [-0.1, -0.05) is 30.3 Å². The van der Waals surface area contributed by atoms with Crippen LogP contribution >= 0.6 is 0 Å². The Balaban J connectivity index is 1.47. The lowest BCUT2D eigenvalue weighted by Gasteiger charge is -2.43. The first-order chi connectivity index (χ1) is 13.8. The molecule has 2 aliphatic heterocycles. The largest absolute Gasteiger partial charge is 0.357 e. The SMILES string of the molecule is O=C(c1ccc[nH]1)N1CC[C@@]2(c3ccccc3)CN(c3ncccn3)C[C@H]2C1. The normalized spacial score (nSPS) is 24.2. The lowest BCUT2D eigenvalue weighted by Crippen LogP contribution is -2.51. The van der Waals surface area contributed by atoms with Gasteiger partial charge in [0.15, 0.2) is 0 Å². The molecule has 2 aliphatic rings. The molecular weight excluding hydrogens is 350 g/mol. The summed E-state index contributed by atoms with van der Waals surface area (Å²) in [6, 6.07) is 16.3. The van der Waals surface area contributed by atoms with Gasteiger partial charge in [-0.25, -0.2) is 9.97 Å². The Hall–Kier alpha value is -3.15. The van der Waals surface area contributed by atoms with E-state index in [-0.39, 0.29) is 11.3 Å². The van der Waals surface area contributed by atoms with E-state index in [9.17, 15) is 4.79 Å². The Morgan fingerprint density at radius 2 is 1.86 bits per heavy atom. The Bertz CT molecular complexity index is 944. The van der Waals surface area contributed by atoms with Gasteiger partial charge in [-0.15, -0.1) is 0 Å². The number of anilines is 1. The van der Waals surface area contributed by atoms with E-state index in [1.165, 1.54) is 5.56 Å². The molecule has 0 bridgehead atoms. The maximum absolute atomic E-state index is 12.9. The third-order valence-corrected chi connectivity index (χ3v) is 6.26. The number of amides is 1. The molecule has 2 fully saturated rings. The first-order valence-electron chi connectivity index (χ1n) is 9.76. The van der Waals surface area contributed by atoms with Crippen LogP contribution < -0.4 is 4.90 Å². The quantitative estimate of drug-likeness (QED) is 0.767. The van der Waals surface area contributed by atoms with Crippen molar-refractivity contribution in [3.63, 3.8) is 0 Å². The second-order valence-electron chi connectivity index (χ2n) is 7.73. The van der Waals surface area contributed by atoms with Crippen molar-refractivity contribution in [1.29, 1.82) is 0 Å². The fourth-order valence-electron chi connectivity index (χ4n) is 4.85. The highest BCUT2D eigenvalue weighted by Gasteiger charge is 2.51. The highest BCUT2D eigenvalue weighted by atomic mass is 16.2. The summed E-state index contributed by atoms with van der Waals surface area (Å²) in [5.41, 5.74) is 2.03. The van der Waals surface area contributed by atoms with E-state index in [1.54, 1.807) is 18.6 Å². The molecule has 2 atom stereocenters. The number of H-pyrrole nitrogens is 1. The van der Waals surface area contributed by atoms with Crippen molar-refractivity contribution in [2.24, 2.45) is 5.92 Å². The highest BCUT2D eigenvalue weighted by molar-refractivity contribution is 5.92. The highest BCUT2D eigenvalue weighted by Crippen LogP contribution is 2.46. The van der Waals surface area contributed by atoms with Crippen LogP contribution in [0.15, 0.2) is 67.1 Å². The zero-order valence-electron chi connectivity index (χ0n) is 15.7. The lowest BCUT2D eigenvalue weighted by molar-refractivity contribution is 0.0597. The molecular formula is C22H23N5O. The predicted molar refractivity (Wildman–Crippen MR) is 107 cm³/mol. The van der Waals surface area contributed by atoms with Crippen LogP contribution in [0.4, 0.5) is 5.95 Å². The molecule has 0 spiro atoms. The number of likely N-dealkylation sites (tertiary alicyclic amines) is 1. The summed E-state index contributed by atoms with van der Waals surface area (Å²) < 4.78 is 0. The minimum atomic E-state index is 0.0208. The van der Waals surface area contributed by atoms with E-state index in [0.29, 0.717) is 11.6 Å². The van der Waals surface area contributed by atoms with Crippen LogP contribution in [0.2, 0.25) is 0 Å². The molecule has 1 amide bonds. The van der Waals surface area contributed by atoms with Gasteiger partial charge in [-0.2, -0.15) is 0 Å². The Kier molecular flexibility index (Phi) is 4.11. The number of piperidine rings is 1. The van der Waals surface area contributed by atoms with Crippen molar-refractivity contribution in [1.82, 2.24) is 19.9 Å². The monoisotopic (exact) mass is 373 g/mol. The van der Waals surface area contributed by atoms with E-state index in [2.05, 4.69) is 50.2 Å². The second-order valence-corrected chi connectivity index (χ2v) is 7.73. The van der Waals surface area contributed by atoms with E-state index < -0.39 is 0 Å². The smallest absolute Gasteiger partial charge is 0.270 e. The van der Waals surface area contributed by atoms with Crippen LogP contribution in [0.1, 0.15) is 22.5 Å². The maximum Gasteiger partial charge on any atom is 0.270 e. The summed E-state index contributed by atoms with van der Waals surface area (Å²) in [4.78, 5) is 29.2. The van der Waals surface area contributed by atoms with Gasteiger partial charge in [0.1, 0.15) is 5.69 Å². The molecule has 2 aromatic heterocycles. The molecule has 6 nitrogen and oxygen atoms in total. The summed E-state index contributed by atoms with van der Waals surface area (Å²) in [6.07, 6.45) is 6.33. The van der Waals surface area contributed by atoms with Gasteiger partial charge in [-0.05, 0) is 30.2 Å². The van der Waals surface area contributed by atoms with Crippen molar-refractivity contribution in [3.8, 4) is 0 Å². The van der Waals surface area contributed by atoms with Crippen molar-refractivity contribution in [3.05, 3.63) is 78.4 Å². The average molecular weight is 373 g/mol. The van der Waals surface area contributed by atoms with Crippen molar-refractivity contribution >= 4 is 11.9 Å². The number of rotatable bonds is 3. The molecule has 1 N–H and O–H groups in total. The van der Waals surface area contributed by atoms with Crippen LogP contribution in [0.25, 0.3) is 0 Å². The fraction of sp³-hybridized carbons (Fsp3) is 0.318. The molecule has 5 rings (SSSR count). The first kappa shape index (κ1) is 17.0. The van der Waals surface area contributed by atoms with E-state index in [4.69, 9.17) is 0 Å². The molecule has 3 aromatic rings. The molecule has 0 saturated carbocycles. The first-order valence-corrected chi connectivity index (χ1v) is 9.76. The topological polar surface area (TPSA) is 65.1 Å². The minimum absolute atomic E-state index is 0.0208. The van der Waals surface area contributed by atoms with Gasteiger partial charge >= 0.3 is 0 Å². The molecule has 4 heterocycles. The molecule has 2 saturated heterocycles. The van der Waals surface area contributed by atoms with Crippen LogP contribution in [0.3, 0.4) is 0 Å². The number of hydrogen-bond acceptors (Lipinski definition) is 4. The molecule has 0 radical (unpaired) electrons. The van der Waals surface area contributed by atoms with Gasteiger partial charge in [0.2, 0.25) is 5.95 Å². The molecule has 0 unspecified atom stereocenters. The third-order valence-electron chi connectivity index (χ3n) is 6.26. The number of aromatic amines is 1. The van der Waals surface area contributed by atoms with Crippen LogP contribution in [0.5, 0.6) is 0 Å². The van der Waals surface area contributed by atoms with Crippen LogP contribution in [-0.2, 0) is 5.41 Å². The zero-order chi connectivity index (χ0) is 19.0. The number of aromatic nitrogens is 3. The maximum atomic E-state index is 12.9. The van der Waals surface area contributed by atoms with E-state index in [0.717, 1.165) is 38.5 Å². The number of carbonyl (C=O) groups is 1. The van der Waals surface area contributed by atoms with Gasteiger partial charge in [0.25, 0.3) is 5.91 Å². The van der Waals surface area contributed by atoms with Gasteiger partial charge in [-0.3, -0.25) is 4.79 Å². The second kappa shape index (κ2) is 6.78. The summed E-state index contributed by atoms with van der Waals surface area (Å²) in [5, 5.41) is 0. The number of fused-ring (bicyclic) bond motifs is 1. The number of nitrogens with one attached hydrogen (secondary N) is 1. The van der Waals surface area contributed by atoms with Gasteiger partial charge < -0.3 is 14.8 Å². The Morgan fingerprint density at radius 3 is 2.61 bits per heavy atom. The summed E-state index contributed by atoms with van der Waals surface area (Å²) in [6.45, 7) is 3.24. The van der Waals surface area contributed by atoms with Gasteiger partial charge in [0.05, 0.1) is 0 Å². The number of benzene rings is 1. The predicted octanol–water partition coefficient (Wildman–Crippen LogP) is 2.73. The summed E-state index contributed by atoms with van der Waals surface area (Å²) in [5.74, 6) is 1.20. The van der Waals surface area contributed by atoms with Crippen molar-refractivity contribution in [2.75, 3.05) is 31.1 Å². The number of nitrogens with zero attached hydrogens (tertiary/aromatic N) is 4. The molecule has 1 aromatic carbocycles. The minimum Gasteiger partial charge on any atom is -0.357 e. The number of carbonyl (C=O) groups excluding carboxylic acids is 1. The zero-order valence-corrected chi connectivity index (χ0v) is 15.7. The Morgan fingerprint density at radius 1 is 1.04 bits per heavy atom. The third kappa shape index (κ3) is 2.76. The fourth-order valence-corrected chi connectivity index (χ4v) is 4.85. The molecule has 28 heavy (non-hydrogen) atoms. The average Bonchev–Trinajstić information content (AvgIpc) is 3.43. The van der Waals surface area contributed by atoms with Crippen molar-refractivity contribution < 1.29 is 4.79 Å². The van der Waals surface area contributed by atoms with Crippen LogP contribution in [-0.4, -0.2) is 51.9 Å². The summed E-state index contributed by atoms with van der Waals surface area (Å²) in [7, 11) is 0. The lowest BCUT2D eigenvalue weighted by atomic mass is 9.68. The standard InChI is InChI=1S/C22H23N5O/c28-20(19-8-4-10-23-19)26-13-9-22(17-6-2-1-3-7-17)16-27(15-18(22)14-26)21-24-11-5-12-25-21/h1-8,10-12,18,23H,9,13-16H2/t18-,22+/m1/s1. The van der Waals surface area contributed by atoms with Crippen LogP contribution in [0, 0.1) is 5.92 Å². The molecule has 0 aliphatic carbocycles. The van der Waals surface area contributed by atoms with Gasteiger partial charge in [0, 0.05) is 56.1 Å². The summed E-state index contributed by atoms with van der Waals surface area (Å²) >= 11 is 0.